The average Bonchev–Trinajstić information content (AvgIpc) is 2.83. The first-order valence-electron chi connectivity index (χ1n) is 6.07. The summed E-state index contributed by atoms with van der Waals surface area (Å²) in [4.78, 5) is 4.75. The molecule has 1 aromatic heterocycles. The number of fused-ring (bicyclic) bond motifs is 1. The molecule has 0 saturated heterocycles. The molecule has 0 fully saturated rings. The number of benzene rings is 2. The first-order valence-corrected chi connectivity index (χ1v) is 8.56. The van der Waals surface area contributed by atoms with Crippen LogP contribution in [0.5, 0.6) is 0 Å². The molecule has 0 radical (unpaired) electrons. The number of alkyl halides is 1. The molecule has 3 aromatic rings. The van der Waals surface area contributed by atoms with Crippen LogP contribution in [-0.2, 0) is 6.42 Å². The van der Waals surface area contributed by atoms with E-state index >= 15 is 0 Å². The Labute approximate surface area is 139 Å². The molecule has 3 rings (SSSR count). The molecular weight excluding hydrogens is 377 g/mol. The second kappa shape index (κ2) is 6.02. The van der Waals surface area contributed by atoms with Gasteiger partial charge in [0.15, 0.2) is 0 Å². The predicted octanol–water partition coefficient (Wildman–Crippen LogP) is 6.28. The Morgan fingerprint density at radius 2 is 1.90 bits per heavy atom. The highest BCUT2D eigenvalue weighted by Crippen LogP contribution is 2.37. The van der Waals surface area contributed by atoms with Crippen LogP contribution in [0.1, 0.15) is 15.4 Å². The molecule has 1 atom stereocenters. The van der Waals surface area contributed by atoms with Crippen molar-refractivity contribution in [2.24, 2.45) is 0 Å². The van der Waals surface area contributed by atoms with Gasteiger partial charge in [0.2, 0.25) is 0 Å². The van der Waals surface area contributed by atoms with Crippen LogP contribution in [0.4, 0.5) is 0 Å². The molecule has 0 aliphatic heterocycles. The van der Waals surface area contributed by atoms with Gasteiger partial charge in [-0.25, -0.2) is 4.98 Å². The third-order valence-corrected chi connectivity index (χ3v) is 5.72. The number of para-hydroxylation sites is 1. The smallest absolute Gasteiger partial charge is 0.0953 e. The number of hydrogen-bond acceptors (Lipinski definition) is 2. The van der Waals surface area contributed by atoms with Crippen molar-refractivity contribution >= 4 is 60.7 Å². The molecular formula is C15H10BrCl2NS. The largest absolute Gasteiger partial charge is 0.241 e. The minimum Gasteiger partial charge on any atom is -0.241 e. The molecule has 0 spiro atoms. The third kappa shape index (κ3) is 2.86. The Bertz CT molecular complexity index is 723. The monoisotopic (exact) mass is 385 g/mol. The fraction of sp³-hybridized carbons (Fsp3) is 0.133. The lowest BCUT2D eigenvalue weighted by Crippen LogP contribution is -1.96. The van der Waals surface area contributed by atoms with Gasteiger partial charge in [0.25, 0.3) is 0 Å². The van der Waals surface area contributed by atoms with Gasteiger partial charge < -0.3 is 0 Å². The minimum absolute atomic E-state index is 0.106. The van der Waals surface area contributed by atoms with Crippen molar-refractivity contribution in [3.05, 3.63) is 63.1 Å². The van der Waals surface area contributed by atoms with Gasteiger partial charge in [-0.05, 0) is 23.8 Å². The lowest BCUT2D eigenvalue weighted by atomic mass is 10.1. The van der Waals surface area contributed by atoms with Crippen LogP contribution in [0.3, 0.4) is 0 Å². The SMILES string of the molecule is Clc1cccc(C(Br)Cc2nc3ccccc3s2)c1Cl. The van der Waals surface area contributed by atoms with E-state index in [1.54, 1.807) is 17.4 Å². The Morgan fingerprint density at radius 3 is 2.70 bits per heavy atom. The number of aromatic nitrogens is 1. The van der Waals surface area contributed by atoms with Gasteiger partial charge in [0, 0.05) is 11.2 Å². The number of hydrogen-bond donors (Lipinski definition) is 0. The molecule has 0 bridgehead atoms. The van der Waals surface area contributed by atoms with E-state index in [-0.39, 0.29) is 4.83 Å². The van der Waals surface area contributed by atoms with E-state index in [9.17, 15) is 0 Å². The molecule has 2 aromatic carbocycles. The van der Waals surface area contributed by atoms with Crippen molar-refractivity contribution in [1.82, 2.24) is 4.98 Å². The molecule has 20 heavy (non-hydrogen) atoms. The number of rotatable bonds is 3. The lowest BCUT2D eigenvalue weighted by molar-refractivity contribution is 0.939. The van der Waals surface area contributed by atoms with Gasteiger partial charge in [0.05, 0.1) is 25.3 Å². The van der Waals surface area contributed by atoms with Crippen LogP contribution in [0.15, 0.2) is 42.5 Å². The number of nitrogens with zero attached hydrogens (tertiary/aromatic N) is 1. The summed E-state index contributed by atoms with van der Waals surface area (Å²) in [7, 11) is 0. The summed E-state index contributed by atoms with van der Waals surface area (Å²) in [5.41, 5.74) is 2.04. The molecule has 1 unspecified atom stereocenters. The van der Waals surface area contributed by atoms with Crippen LogP contribution in [0, 0.1) is 0 Å². The zero-order valence-electron chi connectivity index (χ0n) is 10.3. The van der Waals surface area contributed by atoms with Gasteiger partial charge in [0.1, 0.15) is 0 Å². The fourth-order valence-corrected chi connectivity index (χ4v) is 4.52. The van der Waals surface area contributed by atoms with Crippen LogP contribution < -0.4 is 0 Å². The van der Waals surface area contributed by atoms with Crippen molar-refractivity contribution in [3.63, 3.8) is 0 Å². The highest BCUT2D eigenvalue weighted by molar-refractivity contribution is 9.09. The van der Waals surface area contributed by atoms with Gasteiger partial charge in [-0.15, -0.1) is 11.3 Å². The highest BCUT2D eigenvalue weighted by atomic mass is 79.9. The zero-order valence-corrected chi connectivity index (χ0v) is 14.2. The molecule has 1 nitrogen and oxygen atoms in total. The Kier molecular flexibility index (Phi) is 4.32. The quantitative estimate of drug-likeness (QED) is 0.482. The minimum atomic E-state index is 0.106. The van der Waals surface area contributed by atoms with E-state index in [2.05, 4.69) is 27.0 Å². The molecule has 0 aliphatic rings. The number of halogens is 3. The van der Waals surface area contributed by atoms with E-state index in [4.69, 9.17) is 23.2 Å². The molecule has 0 N–H and O–H groups in total. The van der Waals surface area contributed by atoms with Crippen molar-refractivity contribution in [1.29, 1.82) is 0 Å². The maximum absolute atomic E-state index is 6.25. The fourth-order valence-electron chi connectivity index (χ4n) is 2.03. The molecule has 0 saturated carbocycles. The van der Waals surface area contributed by atoms with Gasteiger partial charge in [-0.2, -0.15) is 0 Å². The van der Waals surface area contributed by atoms with Crippen LogP contribution >= 0.6 is 50.5 Å². The summed E-state index contributed by atoms with van der Waals surface area (Å²) >= 11 is 17.7. The molecule has 0 amide bonds. The van der Waals surface area contributed by atoms with E-state index < -0.39 is 0 Å². The third-order valence-electron chi connectivity index (χ3n) is 3.01. The molecule has 1 heterocycles. The van der Waals surface area contributed by atoms with Crippen molar-refractivity contribution < 1.29 is 0 Å². The average molecular weight is 387 g/mol. The first kappa shape index (κ1) is 14.3. The molecule has 0 aliphatic carbocycles. The summed E-state index contributed by atoms with van der Waals surface area (Å²) in [6.07, 6.45) is 0.791. The van der Waals surface area contributed by atoms with Crippen molar-refractivity contribution in [3.8, 4) is 0 Å². The summed E-state index contributed by atoms with van der Waals surface area (Å²) in [6.45, 7) is 0. The second-order valence-corrected chi connectivity index (χ2v) is 7.40. The second-order valence-electron chi connectivity index (χ2n) is 4.39. The maximum Gasteiger partial charge on any atom is 0.0953 e. The van der Waals surface area contributed by atoms with Crippen molar-refractivity contribution in [2.75, 3.05) is 0 Å². The van der Waals surface area contributed by atoms with Crippen LogP contribution in [0.25, 0.3) is 10.2 Å². The normalized spacial score (nSPS) is 12.8. The van der Waals surface area contributed by atoms with Gasteiger partial charge in [-0.3, -0.25) is 0 Å². The summed E-state index contributed by atoms with van der Waals surface area (Å²) < 4.78 is 1.21. The van der Waals surface area contributed by atoms with E-state index in [1.165, 1.54) is 4.70 Å². The van der Waals surface area contributed by atoms with E-state index in [0.717, 1.165) is 22.5 Å². The lowest BCUT2D eigenvalue weighted by Gasteiger charge is -2.11. The van der Waals surface area contributed by atoms with Crippen molar-refractivity contribution in [2.45, 2.75) is 11.2 Å². The predicted molar refractivity (Wildman–Crippen MR) is 91.5 cm³/mol. The van der Waals surface area contributed by atoms with Gasteiger partial charge >= 0.3 is 0 Å². The summed E-state index contributed by atoms with van der Waals surface area (Å²) in [6, 6.07) is 13.9. The van der Waals surface area contributed by atoms with Crippen LogP contribution in [0.2, 0.25) is 10.0 Å². The highest BCUT2D eigenvalue weighted by Gasteiger charge is 2.16. The standard InChI is InChI=1S/C15H10BrCl2NS/c16-10(9-4-3-5-11(17)15(9)18)8-14-19-12-6-1-2-7-13(12)20-14/h1-7,10H,8H2. The maximum atomic E-state index is 6.25. The topological polar surface area (TPSA) is 12.9 Å². The Balaban J connectivity index is 1.88. The molecule has 102 valence electrons. The van der Waals surface area contributed by atoms with E-state index in [1.807, 2.05) is 30.3 Å². The van der Waals surface area contributed by atoms with Crippen LogP contribution in [-0.4, -0.2) is 4.98 Å². The number of thiazole rings is 1. The summed E-state index contributed by atoms with van der Waals surface area (Å²) in [5.74, 6) is 0. The van der Waals surface area contributed by atoms with Gasteiger partial charge in [-0.1, -0.05) is 63.4 Å². The Hall–Kier alpha value is -0.610. The zero-order chi connectivity index (χ0) is 14.1. The summed E-state index contributed by atoms with van der Waals surface area (Å²) in [5, 5.41) is 2.28. The van der Waals surface area contributed by atoms with E-state index in [0.29, 0.717) is 10.0 Å². The first-order chi connectivity index (χ1) is 9.65. The Morgan fingerprint density at radius 1 is 1.10 bits per heavy atom. The molecule has 5 heteroatoms.